The largest absolute Gasteiger partial charge is 0.550 e. The van der Waals surface area contributed by atoms with Gasteiger partial charge in [-0.1, -0.05) is 20.3 Å². The summed E-state index contributed by atoms with van der Waals surface area (Å²) in [6.45, 7) is 5.47. The number of nitrogens with zero attached hydrogens (tertiary/aromatic N) is 1. The van der Waals surface area contributed by atoms with E-state index in [1.807, 2.05) is 35.0 Å². The Kier molecular flexibility index (Phi) is 14.8. The molecule has 0 bridgehead atoms. The van der Waals surface area contributed by atoms with Gasteiger partial charge in [0.1, 0.15) is 12.6 Å². The highest BCUT2D eigenvalue weighted by Gasteiger charge is 2.20. The smallest absolute Gasteiger partial charge is 0.320 e. The molecule has 144 valence electrons. The third kappa shape index (κ3) is 17.0. The normalized spacial score (nSPS) is 14.1. The molecule has 0 spiro atoms. The zero-order valence-corrected chi connectivity index (χ0v) is 16.1. The van der Waals surface area contributed by atoms with Crippen molar-refractivity contribution in [1.82, 2.24) is 0 Å². The average Bonchev–Trinajstić information content (AvgIpc) is 2.33. The minimum absolute atomic E-state index is 0. The summed E-state index contributed by atoms with van der Waals surface area (Å²) in [4.78, 5) is 31.2. The van der Waals surface area contributed by atoms with Crippen LogP contribution in [0.15, 0.2) is 0 Å². The van der Waals surface area contributed by atoms with Crippen molar-refractivity contribution in [2.24, 2.45) is 11.7 Å². The van der Waals surface area contributed by atoms with E-state index in [0.717, 1.165) is 6.42 Å². The third-order valence-electron chi connectivity index (χ3n) is 3.02. The molecule has 0 amide bonds. The molecule has 1 unspecified atom stereocenters. The summed E-state index contributed by atoms with van der Waals surface area (Å²) in [6, 6.07) is -0.699. The first-order chi connectivity index (χ1) is 10.3. The van der Waals surface area contributed by atoms with Crippen LogP contribution in [0.3, 0.4) is 0 Å². The Hall–Kier alpha value is -1.38. The molecule has 0 rings (SSSR count). The van der Waals surface area contributed by atoms with Crippen LogP contribution in [0.5, 0.6) is 0 Å². The van der Waals surface area contributed by atoms with Gasteiger partial charge < -0.3 is 30.0 Å². The zero-order chi connectivity index (χ0) is 18.8. The number of aliphatic carboxylic acids is 2. The Morgan fingerprint density at radius 3 is 1.92 bits per heavy atom. The fraction of sp³-hybridized carbons (Fsp3) is 0.800. The first-order valence-corrected chi connectivity index (χ1v) is 7.46. The van der Waals surface area contributed by atoms with Crippen LogP contribution in [-0.4, -0.2) is 67.3 Å². The molecule has 0 aliphatic heterocycles. The molecule has 0 radical (unpaired) electrons. The van der Waals surface area contributed by atoms with Gasteiger partial charge in [-0.25, -0.2) is 0 Å². The summed E-state index contributed by atoms with van der Waals surface area (Å²) in [5.74, 6) is -2.51. The number of carboxylic acid groups (broad SMARTS) is 2. The van der Waals surface area contributed by atoms with Crippen molar-refractivity contribution >= 4 is 30.3 Å². The molecular weight excluding hydrogens is 340 g/mol. The Morgan fingerprint density at radius 2 is 1.71 bits per heavy atom. The Morgan fingerprint density at radius 1 is 1.25 bits per heavy atom. The van der Waals surface area contributed by atoms with Gasteiger partial charge in [0.05, 0.1) is 21.1 Å². The molecule has 24 heavy (non-hydrogen) atoms. The van der Waals surface area contributed by atoms with Crippen molar-refractivity contribution in [1.29, 1.82) is 0 Å². The Bertz CT molecular complexity index is 382. The SMILES string of the molecule is CC(=O)OC(CC(=O)[O-])C[N+](C)(C)C.CC[C@H](C)[C@H](N)C(=O)O.Cl. The standard InChI is InChI=1S/C9H17NO4.C6H13NO2.ClH/c1-7(11)14-8(5-9(12)13)6-10(2,3)4;1-3-4(2)5(7)6(8)9;/h8H,5-6H2,1-4H3;4-5H,3,7H2,1-2H3,(H,8,9);1H/t;4-,5-;/m.0./s1. The van der Waals surface area contributed by atoms with E-state index < -0.39 is 30.1 Å². The van der Waals surface area contributed by atoms with Crippen LogP contribution in [-0.2, 0) is 19.1 Å². The van der Waals surface area contributed by atoms with Gasteiger partial charge in [0.15, 0.2) is 6.10 Å². The molecular formula is C15H31ClN2O6. The Labute approximate surface area is 150 Å². The van der Waals surface area contributed by atoms with E-state index in [9.17, 15) is 19.5 Å². The van der Waals surface area contributed by atoms with E-state index in [1.54, 1.807) is 0 Å². The maximum absolute atomic E-state index is 10.7. The van der Waals surface area contributed by atoms with E-state index in [2.05, 4.69) is 0 Å². The summed E-state index contributed by atoms with van der Waals surface area (Å²) in [7, 11) is 5.68. The van der Waals surface area contributed by atoms with Gasteiger partial charge in [-0.15, -0.1) is 12.4 Å². The number of carbonyl (C=O) groups is 3. The summed E-state index contributed by atoms with van der Waals surface area (Å²) < 4.78 is 5.39. The van der Waals surface area contributed by atoms with Gasteiger partial charge >= 0.3 is 11.9 Å². The molecule has 8 nitrogen and oxygen atoms in total. The summed E-state index contributed by atoms with van der Waals surface area (Å²) in [6.07, 6.45) is -0.0553. The summed E-state index contributed by atoms with van der Waals surface area (Å²) >= 11 is 0. The molecule has 0 fully saturated rings. The molecule has 0 saturated heterocycles. The molecule has 0 saturated carbocycles. The predicted molar refractivity (Wildman–Crippen MR) is 90.4 cm³/mol. The molecule has 0 aliphatic carbocycles. The molecule has 0 aromatic heterocycles. The highest BCUT2D eigenvalue weighted by Crippen LogP contribution is 2.05. The number of carboxylic acids is 2. The van der Waals surface area contributed by atoms with Crippen molar-refractivity contribution in [3.63, 3.8) is 0 Å². The van der Waals surface area contributed by atoms with E-state index in [4.69, 9.17) is 15.6 Å². The second-order valence-corrected chi connectivity index (χ2v) is 6.53. The fourth-order valence-corrected chi connectivity index (χ4v) is 1.67. The maximum atomic E-state index is 10.7. The number of nitrogens with two attached hydrogens (primary N) is 1. The first-order valence-electron chi connectivity index (χ1n) is 7.46. The number of hydrogen-bond acceptors (Lipinski definition) is 6. The lowest BCUT2D eigenvalue weighted by Gasteiger charge is -2.28. The van der Waals surface area contributed by atoms with Gasteiger partial charge in [-0.2, -0.15) is 0 Å². The fourth-order valence-electron chi connectivity index (χ4n) is 1.67. The van der Waals surface area contributed by atoms with Crippen molar-refractivity contribution in [3.05, 3.63) is 0 Å². The van der Waals surface area contributed by atoms with Gasteiger partial charge in [0, 0.05) is 19.3 Å². The highest BCUT2D eigenvalue weighted by molar-refractivity contribution is 5.85. The van der Waals surface area contributed by atoms with Gasteiger partial charge in [0.2, 0.25) is 0 Å². The van der Waals surface area contributed by atoms with Crippen LogP contribution >= 0.6 is 12.4 Å². The number of carbonyl (C=O) groups excluding carboxylic acids is 2. The second-order valence-electron chi connectivity index (χ2n) is 6.53. The van der Waals surface area contributed by atoms with Crippen LogP contribution in [0, 0.1) is 5.92 Å². The number of halogens is 1. The topological polar surface area (TPSA) is 130 Å². The van der Waals surface area contributed by atoms with E-state index in [-0.39, 0.29) is 24.7 Å². The monoisotopic (exact) mass is 370 g/mol. The predicted octanol–water partition coefficient (Wildman–Crippen LogP) is -0.369. The zero-order valence-electron chi connectivity index (χ0n) is 15.3. The number of esters is 1. The minimum Gasteiger partial charge on any atom is -0.550 e. The number of quaternary nitrogens is 1. The lowest BCUT2D eigenvalue weighted by Crippen LogP contribution is -2.45. The van der Waals surface area contributed by atoms with Crippen molar-refractivity contribution in [2.75, 3.05) is 27.7 Å². The van der Waals surface area contributed by atoms with Gasteiger partial charge in [-0.3, -0.25) is 9.59 Å². The van der Waals surface area contributed by atoms with E-state index in [1.165, 1.54) is 6.92 Å². The van der Waals surface area contributed by atoms with Crippen LogP contribution in [0.1, 0.15) is 33.6 Å². The maximum Gasteiger partial charge on any atom is 0.320 e. The van der Waals surface area contributed by atoms with Crippen molar-refractivity contribution < 1.29 is 33.8 Å². The molecule has 0 aromatic rings. The van der Waals surface area contributed by atoms with Crippen molar-refractivity contribution in [2.45, 2.75) is 45.8 Å². The number of hydrogen-bond donors (Lipinski definition) is 2. The third-order valence-corrected chi connectivity index (χ3v) is 3.02. The quantitative estimate of drug-likeness (QED) is 0.440. The summed E-state index contributed by atoms with van der Waals surface area (Å²) in [5.41, 5.74) is 5.27. The van der Waals surface area contributed by atoms with Crippen molar-refractivity contribution in [3.8, 4) is 0 Å². The first kappa shape index (κ1) is 27.5. The minimum atomic E-state index is -1.20. The van der Waals surface area contributed by atoms with Crippen LogP contribution < -0.4 is 10.8 Å². The van der Waals surface area contributed by atoms with Crippen LogP contribution in [0.4, 0.5) is 0 Å². The summed E-state index contributed by atoms with van der Waals surface area (Å²) in [5, 5.41) is 18.7. The van der Waals surface area contributed by atoms with E-state index >= 15 is 0 Å². The van der Waals surface area contributed by atoms with E-state index in [0.29, 0.717) is 11.0 Å². The molecule has 3 atom stereocenters. The molecule has 0 aromatic carbocycles. The van der Waals surface area contributed by atoms with Crippen LogP contribution in [0.25, 0.3) is 0 Å². The highest BCUT2D eigenvalue weighted by atomic mass is 35.5. The molecule has 9 heteroatoms. The Balaban J connectivity index is -0.000000385. The molecule has 0 heterocycles. The molecule has 0 aliphatic rings. The number of likely N-dealkylation sites (N-methyl/N-ethyl adjacent to an activating group) is 1. The average molecular weight is 371 g/mol. The van der Waals surface area contributed by atoms with Gasteiger partial charge in [-0.05, 0) is 5.92 Å². The lowest BCUT2D eigenvalue weighted by atomic mass is 10.0. The van der Waals surface area contributed by atoms with Crippen LogP contribution in [0.2, 0.25) is 0 Å². The number of ether oxygens (including phenoxy) is 1. The van der Waals surface area contributed by atoms with Gasteiger partial charge in [0.25, 0.3) is 0 Å². The lowest BCUT2D eigenvalue weighted by molar-refractivity contribution is -0.873. The number of rotatable bonds is 8. The molecule has 3 N–H and O–H groups in total. The second kappa shape index (κ2) is 13.0.